The van der Waals surface area contributed by atoms with E-state index in [9.17, 15) is 37.8 Å². The van der Waals surface area contributed by atoms with Crippen LogP contribution in [-0.4, -0.2) is 75.8 Å². The van der Waals surface area contributed by atoms with Crippen LogP contribution in [-0.2, 0) is 27.0 Å². The molecule has 2 aromatic carbocycles. The zero-order valence-corrected chi connectivity index (χ0v) is 31.0. The number of aliphatic hydroxyl groups is 1. The number of ether oxygens (including phenoxy) is 1. The molecule has 2 atom stereocenters. The van der Waals surface area contributed by atoms with Gasteiger partial charge in [0.15, 0.2) is 11.6 Å². The number of thiophene rings is 1. The summed E-state index contributed by atoms with van der Waals surface area (Å²) in [5, 5.41) is 20.4. The van der Waals surface area contributed by atoms with E-state index in [2.05, 4.69) is 35.5 Å². The van der Waals surface area contributed by atoms with Gasteiger partial charge in [0.1, 0.15) is 5.75 Å². The second kappa shape index (κ2) is 15.7. The van der Waals surface area contributed by atoms with Gasteiger partial charge in [-0.3, -0.25) is 14.4 Å². The van der Waals surface area contributed by atoms with Gasteiger partial charge in [0.25, 0.3) is 0 Å². The number of anilines is 1. The Bertz CT molecular complexity index is 1920. The number of benzene rings is 2. The van der Waals surface area contributed by atoms with Crippen LogP contribution in [0.3, 0.4) is 0 Å². The number of carboxylic acids is 1. The maximum absolute atomic E-state index is 13.5. The van der Waals surface area contributed by atoms with Gasteiger partial charge in [-0.15, -0.1) is 24.5 Å². The third-order valence-corrected chi connectivity index (χ3v) is 10.9. The molecule has 5 rings (SSSR count). The Morgan fingerprint density at radius 2 is 1.66 bits per heavy atom. The smallest absolute Gasteiger partial charge is 0.481 e. The van der Waals surface area contributed by atoms with Crippen molar-refractivity contribution in [2.75, 3.05) is 31.6 Å². The Kier molecular flexibility index (Phi) is 11.6. The van der Waals surface area contributed by atoms with E-state index in [1.807, 2.05) is 35.2 Å². The third-order valence-electron chi connectivity index (χ3n) is 9.34. The average Bonchev–Trinajstić information content (AvgIpc) is 3.58. The van der Waals surface area contributed by atoms with Crippen molar-refractivity contribution in [3.05, 3.63) is 93.9 Å². The monoisotopic (exact) mass is 752 g/mol. The highest BCUT2D eigenvalue weighted by molar-refractivity contribution is 7.14. The Morgan fingerprint density at radius 1 is 1.00 bits per heavy atom. The standard InChI is InChI=1S/C39H43F3N4O6S/c1-37(2,3)33-14-13-32(53-33)31(47)18-26(35(48)46-22-27(23-46)36(49)50)17-24-9-11-25(12-10-24)34-43-20-29(21-44-34)45(5)16-15-38(4,51)28-7-6-8-30(19-28)52-39(40,41)42/h6-14,19-21,26-27,51H,15-18,22-23H2,1-5H3,(H,49,50). The quantitative estimate of drug-likeness (QED) is 0.129. The van der Waals surface area contributed by atoms with E-state index < -0.39 is 35.5 Å². The van der Waals surface area contributed by atoms with Gasteiger partial charge < -0.3 is 24.7 Å². The summed E-state index contributed by atoms with van der Waals surface area (Å²) in [6.45, 7) is 8.35. The predicted molar refractivity (Wildman–Crippen MR) is 195 cm³/mol. The molecule has 1 fully saturated rings. The van der Waals surface area contributed by atoms with Crippen molar-refractivity contribution in [3.63, 3.8) is 0 Å². The number of ketones is 1. The van der Waals surface area contributed by atoms with Crippen LogP contribution in [0.1, 0.15) is 66.2 Å². The number of Topliss-reactive ketones (excluding diaryl/α,β-unsaturated/α-hetero) is 1. The number of rotatable bonds is 14. The maximum Gasteiger partial charge on any atom is 0.573 e. The number of aromatic nitrogens is 2. The van der Waals surface area contributed by atoms with Gasteiger partial charge in [0, 0.05) is 49.5 Å². The van der Waals surface area contributed by atoms with Crippen molar-refractivity contribution in [2.45, 2.75) is 64.3 Å². The lowest BCUT2D eigenvalue weighted by Gasteiger charge is -2.38. The third kappa shape index (κ3) is 10.2. The minimum absolute atomic E-state index is 0.00526. The second-order valence-electron chi connectivity index (χ2n) is 14.7. The summed E-state index contributed by atoms with van der Waals surface area (Å²) in [6, 6.07) is 16.4. The van der Waals surface area contributed by atoms with Crippen molar-refractivity contribution in [1.29, 1.82) is 0 Å². The molecule has 3 heterocycles. The number of carbonyl (C=O) groups is 3. The van der Waals surface area contributed by atoms with E-state index in [1.54, 1.807) is 31.6 Å². The number of carbonyl (C=O) groups excluding carboxylic acids is 2. The van der Waals surface area contributed by atoms with E-state index in [4.69, 9.17) is 0 Å². The average molecular weight is 753 g/mol. The molecule has 1 saturated heterocycles. The summed E-state index contributed by atoms with van der Waals surface area (Å²) in [5.41, 5.74) is 0.964. The molecule has 282 valence electrons. The van der Waals surface area contributed by atoms with Gasteiger partial charge in [-0.25, -0.2) is 9.97 Å². The molecule has 0 saturated carbocycles. The minimum atomic E-state index is -4.84. The van der Waals surface area contributed by atoms with E-state index in [0.29, 0.717) is 29.4 Å². The molecule has 10 nitrogen and oxygen atoms in total. The molecule has 14 heteroatoms. The number of hydrogen-bond acceptors (Lipinski definition) is 9. The lowest BCUT2D eigenvalue weighted by atomic mass is 9.89. The number of amides is 1. The van der Waals surface area contributed by atoms with Crippen molar-refractivity contribution in [1.82, 2.24) is 14.9 Å². The number of likely N-dealkylation sites (tertiary alicyclic amines) is 1. The summed E-state index contributed by atoms with van der Waals surface area (Å²) in [7, 11) is 1.79. The first-order valence-electron chi connectivity index (χ1n) is 17.2. The number of carboxylic acid groups (broad SMARTS) is 1. The Labute approximate surface area is 310 Å². The molecule has 0 spiro atoms. The lowest BCUT2D eigenvalue weighted by molar-refractivity contribution is -0.274. The maximum atomic E-state index is 13.5. The number of nitrogens with zero attached hydrogens (tertiary/aromatic N) is 4. The molecule has 2 unspecified atom stereocenters. The number of halogens is 3. The molecule has 1 aliphatic rings. The summed E-state index contributed by atoms with van der Waals surface area (Å²) >= 11 is 1.43. The molecular weight excluding hydrogens is 710 g/mol. The Hall–Kier alpha value is -4.82. The van der Waals surface area contributed by atoms with Gasteiger partial charge in [0.2, 0.25) is 5.91 Å². The zero-order chi connectivity index (χ0) is 38.7. The van der Waals surface area contributed by atoms with E-state index in [0.717, 1.165) is 16.0 Å². The van der Waals surface area contributed by atoms with Gasteiger partial charge in [-0.1, -0.05) is 57.2 Å². The molecule has 0 bridgehead atoms. The number of hydrogen-bond donors (Lipinski definition) is 2. The van der Waals surface area contributed by atoms with Gasteiger partial charge in [-0.2, -0.15) is 0 Å². The molecule has 53 heavy (non-hydrogen) atoms. The van der Waals surface area contributed by atoms with E-state index in [1.165, 1.54) is 41.4 Å². The van der Waals surface area contributed by atoms with Crippen LogP contribution in [0.25, 0.3) is 11.4 Å². The SMILES string of the molecule is CN(CCC(C)(O)c1cccc(OC(F)(F)F)c1)c1cnc(-c2ccc(CC(CC(=O)c3ccc(C(C)(C)C)s3)C(=O)N3CC(C(=O)O)C3)cc2)nc1. The highest BCUT2D eigenvalue weighted by atomic mass is 32.1. The normalized spacial score (nSPS) is 15.3. The highest BCUT2D eigenvalue weighted by Crippen LogP contribution is 2.33. The Balaban J connectivity index is 1.22. The molecule has 0 radical (unpaired) electrons. The van der Waals surface area contributed by atoms with Crippen LogP contribution in [0.15, 0.2) is 73.1 Å². The van der Waals surface area contributed by atoms with E-state index >= 15 is 0 Å². The first-order valence-corrected chi connectivity index (χ1v) is 18.0. The number of aliphatic carboxylic acids is 1. The summed E-state index contributed by atoms with van der Waals surface area (Å²) in [4.78, 5) is 52.3. The summed E-state index contributed by atoms with van der Waals surface area (Å²) in [6.07, 6.45) is -1.07. The lowest BCUT2D eigenvalue weighted by Crippen LogP contribution is -2.55. The van der Waals surface area contributed by atoms with Crippen LogP contribution in [0, 0.1) is 11.8 Å². The van der Waals surface area contributed by atoms with Crippen molar-refractivity contribution >= 4 is 34.7 Å². The van der Waals surface area contributed by atoms with Crippen LogP contribution in [0.4, 0.5) is 18.9 Å². The highest BCUT2D eigenvalue weighted by Gasteiger charge is 2.39. The fourth-order valence-electron chi connectivity index (χ4n) is 5.96. The number of alkyl halides is 3. The van der Waals surface area contributed by atoms with Crippen molar-refractivity contribution in [2.24, 2.45) is 11.8 Å². The first-order chi connectivity index (χ1) is 24.8. The first kappa shape index (κ1) is 39.4. The summed E-state index contributed by atoms with van der Waals surface area (Å²) in [5.74, 6) is -2.51. The fourth-order valence-corrected chi connectivity index (χ4v) is 6.98. The van der Waals surface area contributed by atoms with Crippen LogP contribution >= 0.6 is 11.3 Å². The van der Waals surface area contributed by atoms with Crippen molar-refractivity contribution < 1.29 is 42.5 Å². The molecule has 4 aromatic rings. The summed E-state index contributed by atoms with van der Waals surface area (Å²) < 4.78 is 42.0. The van der Waals surface area contributed by atoms with E-state index in [-0.39, 0.29) is 48.6 Å². The molecule has 0 aliphatic carbocycles. The molecule has 1 aliphatic heterocycles. The van der Waals surface area contributed by atoms with Crippen LogP contribution in [0.2, 0.25) is 0 Å². The van der Waals surface area contributed by atoms with Crippen LogP contribution in [0.5, 0.6) is 5.75 Å². The molecule has 2 N–H and O–H groups in total. The second-order valence-corrected chi connectivity index (χ2v) is 15.8. The van der Waals surface area contributed by atoms with Gasteiger partial charge in [0.05, 0.1) is 34.5 Å². The Morgan fingerprint density at radius 3 is 2.25 bits per heavy atom. The molecular formula is C39H43F3N4O6S. The zero-order valence-electron chi connectivity index (χ0n) is 30.2. The van der Waals surface area contributed by atoms with Crippen molar-refractivity contribution in [3.8, 4) is 17.1 Å². The fraction of sp³-hybridized carbons (Fsp3) is 0.410. The minimum Gasteiger partial charge on any atom is -0.481 e. The van der Waals surface area contributed by atoms with Gasteiger partial charge >= 0.3 is 12.3 Å². The molecule has 2 aromatic heterocycles. The predicted octanol–water partition coefficient (Wildman–Crippen LogP) is 7.11. The largest absolute Gasteiger partial charge is 0.573 e. The molecule has 1 amide bonds. The van der Waals surface area contributed by atoms with Gasteiger partial charge in [-0.05, 0) is 60.6 Å². The van der Waals surface area contributed by atoms with Crippen LogP contribution < -0.4 is 9.64 Å². The topological polar surface area (TPSA) is 133 Å².